The molecule has 21 heavy (non-hydrogen) atoms. The number of amides is 1. The molecule has 108 valence electrons. The number of benzene rings is 2. The summed E-state index contributed by atoms with van der Waals surface area (Å²) in [7, 11) is 1.46. The van der Waals surface area contributed by atoms with Crippen LogP contribution in [0.1, 0.15) is 20.7 Å². The third-order valence-electron chi connectivity index (χ3n) is 3.01. The third kappa shape index (κ3) is 2.94. The second-order valence-electron chi connectivity index (χ2n) is 4.50. The molecule has 0 bridgehead atoms. The number of hydrogen-bond donors (Lipinski definition) is 3. The summed E-state index contributed by atoms with van der Waals surface area (Å²) in [5.41, 5.74) is 6.29. The van der Waals surface area contributed by atoms with E-state index in [-0.39, 0.29) is 22.6 Å². The van der Waals surface area contributed by atoms with E-state index in [1.807, 2.05) is 0 Å². The Morgan fingerprint density at radius 1 is 1.14 bits per heavy atom. The number of nitrogen functional groups attached to an aromatic ring is 1. The molecule has 6 heteroatoms. The van der Waals surface area contributed by atoms with E-state index in [4.69, 9.17) is 5.73 Å². The van der Waals surface area contributed by atoms with E-state index >= 15 is 0 Å². The Balaban J connectivity index is 2.42. The highest BCUT2D eigenvalue weighted by molar-refractivity contribution is 6.09. The van der Waals surface area contributed by atoms with Crippen LogP contribution < -0.4 is 10.6 Å². The highest BCUT2D eigenvalue weighted by Crippen LogP contribution is 2.24. The Hall–Kier alpha value is -3.02. The van der Waals surface area contributed by atoms with Crippen LogP contribution in [0.2, 0.25) is 0 Å². The molecule has 0 aliphatic rings. The van der Waals surface area contributed by atoms with Gasteiger partial charge in [0.05, 0.1) is 11.3 Å². The number of carbonyl (C=O) groups excluding carboxylic acids is 1. The van der Waals surface area contributed by atoms with Gasteiger partial charge in [0.1, 0.15) is 5.75 Å². The van der Waals surface area contributed by atoms with Crippen molar-refractivity contribution in [1.29, 1.82) is 0 Å². The Morgan fingerprint density at radius 2 is 1.86 bits per heavy atom. The fourth-order valence-corrected chi connectivity index (χ4v) is 1.96. The van der Waals surface area contributed by atoms with Gasteiger partial charge in [-0.1, -0.05) is 6.07 Å². The SMILES string of the molecule is CN(C(=O)c1cccc(O)c1)c1ccc(N)cc1C(=O)O. The maximum Gasteiger partial charge on any atom is 0.337 e. The molecule has 6 nitrogen and oxygen atoms in total. The zero-order valence-electron chi connectivity index (χ0n) is 11.3. The van der Waals surface area contributed by atoms with Gasteiger partial charge in [0.25, 0.3) is 5.91 Å². The first-order chi connectivity index (χ1) is 9.90. The smallest absolute Gasteiger partial charge is 0.337 e. The van der Waals surface area contributed by atoms with E-state index in [0.29, 0.717) is 5.69 Å². The maximum absolute atomic E-state index is 12.3. The molecule has 0 spiro atoms. The molecule has 1 amide bonds. The standard InChI is InChI=1S/C15H14N2O4/c1-17(14(19)9-3-2-4-11(18)7-9)13-6-5-10(16)8-12(13)15(20)21/h2-8,18H,16H2,1H3,(H,20,21). The summed E-state index contributed by atoms with van der Waals surface area (Å²) in [6, 6.07) is 10.1. The predicted molar refractivity (Wildman–Crippen MR) is 78.7 cm³/mol. The van der Waals surface area contributed by atoms with Crippen LogP contribution in [-0.2, 0) is 0 Å². The topological polar surface area (TPSA) is 104 Å². The van der Waals surface area contributed by atoms with Gasteiger partial charge in [0, 0.05) is 18.3 Å². The summed E-state index contributed by atoms with van der Waals surface area (Å²) >= 11 is 0. The number of nitrogens with two attached hydrogens (primary N) is 1. The molecule has 0 unspecified atom stereocenters. The number of phenols is 1. The van der Waals surface area contributed by atoms with Crippen LogP contribution >= 0.6 is 0 Å². The number of carbonyl (C=O) groups is 2. The number of carboxylic acid groups (broad SMARTS) is 1. The van der Waals surface area contributed by atoms with Gasteiger partial charge in [-0.2, -0.15) is 0 Å². The average Bonchev–Trinajstić information content (AvgIpc) is 2.45. The Morgan fingerprint density at radius 3 is 2.48 bits per heavy atom. The van der Waals surface area contributed by atoms with Crippen LogP contribution in [0.25, 0.3) is 0 Å². The van der Waals surface area contributed by atoms with Gasteiger partial charge in [-0.15, -0.1) is 0 Å². The molecule has 0 aliphatic carbocycles. The van der Waals surface area contributed by atoms with E-state index in [0.717, 1.165) is 0 Å². The maximum atomic E-state index is 12.3. The van der Waals surface area contributed by atoms with Gasteiger partial charge < -0.3 is 20.8 Å². The molecule has 0 saturated carbocycles. The number of aromatic carboxylic acids is 1. The van der Waals surface area contributed by atoms with Gasteiger partial charge in [-0.05, 0) is 36.4 Å². The van der Waals surface area contributed by atoms with E-state index < -0.39 is 11.9 Å². The molecule has 0 saturated heterocycles. The first-order valence-electron chi connectivity index (χ1n) is 6.10. The van der Waals surface area contributed by atoms with Crippen molar-refractivity contribution >= 4 is 23.3 Å². The van der Waals surface area contributed by atoms with Crippen molar-refractivity contribution in [2.45, 2.75) is 0 Å². The highest BCUT2D eigenvalue weighted by Gasteiger charge is 2.20. The molecule has 2 aromatic rings. The number of carboxylic acids is 1. The minimum atomic E-state index is -1.17. The monoisotopic (exact) mass is 286 g/mol. The zero-order valence-corrected chi connectivity index (χ0v) is 11.3. The van der Waals surface area contributed by atoms with Crippen LogP contribution in [-0.4, -0.2) is 29.1 Å². The number of aromatic hydroxyl groups is 1. The lowest BCUT2D eigenvalue weighted by molar-refractivity contribution is 0.0697. The van der Waals surface area contributed by atoms with Gasteiger partial charge in [-0.3, -0.25) is 4.79 Å². The largest absolute Gasteiger partial charge is 0.508 e. The minimum absolute atomic E-state index is 0.0370. The average molecular weight is 286 g/mol. The highest BCUT2D eigenvalue weighted by atomic mass is 16.4. The van der Waals surface area contributed by atoms with Crippen LogP contribution in [0, 0.1) is 0 Å². The van der Waals surface area contributed by atoms with Crippen molar-refractivity contribution < 1.29 is 19.8 Å². The molecule has 0 radical (unpaired) electrons. The lowest BCUT2D eigenvalue weighted by Crippen LogP contribution is -2.28. The van der Waals surface area contributed by atoms with Crippen molar-refractivity contribution in [3.05, 3.63) is 53.6 Å². The number of nitrogens with zero attached hydrogens (tertiary/aromatic N) is 1. The Kier molecular flexibility index (Phi) is 3.80. The molecule has 0 atom stereocenters. The van der Waals surface area contributed by atoms with E-state index in [1.54, 1.807) is 0 Å². The number of hydrogen-bond acceptors (Lipinski definition) is 4. The van der Waals surface area contributed by atoms with Crippen LogP contribution in [0.5, 0.6) is 5.75 Å². The predicted octanol–water partition coefficient (Wildman–Crippen LogP) is 1.95. The Bertz CT molecular complexity index is 713. The minimum Gasteiger partial charge on any atom is -0.508 e. The van der Waals surface area contributed by atoms with Crippen molar-refractivity contribution in [1.82, 2.24) is 0 Å². The molecule has 0 aromatic heterocycles. The summed E-state index contributed by atoms with van der Waals surface area (Å²) in [6.07, 6.45) is 0. The first-order valence-corrected chi connectivity index (χ1v) is 6.10. The van der Waals surface area contributed by atoms with E-state index in [1.165, 1.54) is 54.4 Å². The summed E-state index contributed by atoms with van der Waals surface area (Å²) in [6.45, 7) is 0. The second kappa shape index (κ2) is 5.54. The lowest BCUT2D eigenvalue weighted by atomic mass is 10.1. The summed E-state index contributed by atoms with van der Waals surface area (Å²) < 4.78 is 0. The van der Waals surface area contributed by atoms with Crippen molar-refractivity contribution in [3.8, 4) is 5.75 Å². The lowest BCUT2D eigenvalue weighted by Gasteiger charge is -2.20. The Labute approximate surface area is 121 Å². The number of rotatable bonds is 3. The van der Waals surface area contributed by atoms with Crippen LogP contribution in [0.15, 0.2) is 42.5 Å². The molecule has 4 N–H and O–H groups in total. The van der Waals surface area contributed by atoms with Crippen molar-refractivity contribution in [3.63, 3.8) is 0 Å². The van der Waals surface area contributed by atoms with Gasteiger partial charge in [-0.25, -0.2) is 4.79 Å². The second-order valence-corrected chi connectivity index (χ2v) is 4.50. The molecule has 0 fully saturated rings. The van der Waals surface area contributed by atoms with Crippen LogP contribution in [0.4, 0.5) is 11.4 Å². The van der Waals surface area contributed by atoms with E-state index in [9.17, 15) is 19.8 Å². The van der Waals surface area contributed by atoms with Crippen molar-refractivity contribution in [2.75, 3.05) is 17.7 Å². The zero-order chi connectivity index (χ0) is 15.6. The summed E-state index contributed by atoms with van der Waals surface area (Å²) in [5.74, 6) is -1.64. The molecule has 0 aliphatic heterocycles. The number of phenolic OH excluding ortho intramolecular Hbond substituents is 1. The quantitative estimate of drug-likeness (QED) is 0.748. The molecule has 2 aromatic carbocycles. The summed E-state index contributed by atoms with van der Waals surface area (Å²) in [4.78, 5) is 24.8. The number of anilines is 2. The summed E-state index contributed by atoms with van der Waals surface area (Å²) in [5, 5.41) is 18.6. The van der Waals surface area contributed by atoms with Gasteiger partial charge in [0.15, 0.2) is 0 Å². The van der Waals surface area contributed by atoms with Gasteiger partial charge >= 0.3 is 5.97 Å². The van der Waals surface area contributed by atoms with Gasteiger partial charge in [0.2, 0.25) is 0 Å². The molecule has 2 rings (SSSR count). The van der Waals surface area contributed by atoms with Crippen LogP contribution in [0.3, 0.4) is 0 Å². The molecule has 0 heterocycles. The fourth-order valence-electron chi connectivity index (χ4n) is 1.96. The first kappa shape index (κ1) is 14.4. The molecular weight excluding hydrogens is 272 g/mol. The third-order valence-corrected chi connectivity index (χ3v) is 3.01. The molecular formula is C15H14N2O4. The van der Waals surface area contributed by atoms with Crippen molar-refractivity contribution in [2.24, 2.45) is 0 Å². The normalized spacial score (nSPS) is 10.1. The fraction of sp³-hybridized carbons (Fsp3) is 0.0667. The van der Waals surface area contributed by atoms with E-state index in [2.05, 4.69) is 0 Å².